The second-order valence-electron chi connectivity index (χ2n) is 5.78. The van der Waals surface area contributed by atoms with E-state index in [0.29, 0.717) is 5.75 Å². The Balaban J connectivity index is 0.00000288. The maximum Gasteiger partial charge on any atom is 0.233 e. The minimum absolute atomic E-state index is 0. The Bertz CT molecular complexity index is 499. The average Bonchev–Trinajstić information content (AvgIpc) is 3.00. The molecule has 1 N–H and O–H groups in total. The largest absolute Gasteiger partial charge is 0.336 e. The van der Waals surface area contributed by atoms with E-state index >= 15 is 0 Å². The highest BCUT2D eigenvalue weighted by molar-refractivity contribution is 7.99. The molecule has 1 saturated heterocycles. The molecule has 1 aliphatic heterocycles. The molecular formula is C16H31Cl2N5OS. The van der Waals surface area contributed by atoms with E-state index in [-0.39, 0.29) is 36.8 Å². The zero-order valence-corrected chi connectivity index (χ0v) is 17.8. The summed E-state index contributed by atoms with van der Waals surface area (Å²) in [5, 5.41) is 3.37. The lowest BCUT2D eigenvalue weighted by Crippen LogP contribution is -2.50. The number of hydrogen-bond acceptors (Lipinski definition) is 5. The molecule has 6 nitrogen and oxygen atoms in total. The first-order chi connectivity index (χ1) is 11.2. The van der Waals surface area contributed by atoms with E-state index in [4.69, 9.17) is 0 Å². The summed E-state index contributed by atoms with van der Waals surface area (Å²) in [6.45, 7) is 9.95. The van der Waals surface area contributed by atoms with Gasteiger partial charge in [-0.15, -0.1) is 24.8 Å². The third kappa shape index (κ3) is 6.98. The lowest BCUT2D eigenvalue weighted by molar-refractivity contribution is -0.131. The second kappa shape index (κ2) is 12.8. The van der Waals surface area contributed by atoms with Crippen LogP contribution < -0.4 is 5.32 Å². The van der Waals surface area contributed by atoms with Crippen molar-refractivity contribution in [1.29, 1.82) is 0 Å². The summed E-state index contributed by atoms with van der Waals surface area (Å²) < 4.78 is 2.01. The number of aryl methyl sites for hydroxylation is 1. The minimum atomic E-state index is 0. The van der Waals surface area contributed by atoms with Gasteiger partial charge in [-0.05, 0) is 13.1 Å². The zero-order valence-electron chi connectivity index (χ0n) is 15.3. The van der Waals surface area contributed by atoms with Crippen LogP contribution in [0.1, 0.15) is 25.7 Å². The predicted octanol–water partition coefficient (Wildman–Crippen LogP) is 1.81. The van der Waals surface area contributed by atoms with Gasteiger partial charge in [0.25, 0.3) is 0 Å². The lowest BCUT2D eigenvalue weighted by Gasteiger charge is -2.35. The van der Waals surface area contributed by atoms with Crippen LogP contribution in [0.3, 0.4) is 0 Å². The summed E-state index contributed by atoms with van der Waals surface area (Å²) in [4.78, 5) is 21.4. The fourth-order valence-electron chi connectivity index (χ4n) is 2.91. The molecule has 0 bridgehead atoms. The van der Waals surface area contributed by atoms with E-state index in [1.165, 1.54) is 0 Å². The fraction of sp³-hybridized carbons (Fsp3) is 0.750. The number of thioether (sulfide) groups is 1. The van der Waals surface area contributed by atoms with Crippen LogP contribution in [0, 0.1) is 0 Å². The quantitative estimate of drug-likeness (QED) is 0.660. The zero-order chi connectivity index (χ0) is 16.7. The molecular weight excluding hydrogens is 381 g/mol. The molecule has 0 radical (unpaired) electrons. The van der Waals surface area contributed by atoms with Gasteiger partial charge >= 0.3 is 0 Å². The Morgan fingerprint density at radius 1 is 1.40 bits per heavy atom. The van der Waals surface area contributed by atoms with E-state index in [2.05, 4.69) is 29.0 Å². The third-order valence-electron chi connectivity index (χ3n) is 4.39. The van der Waals surface area contributed by atoms with Crippen molar-refractivity contribution in [2.24, 2.45) is 7.05 Å². The Kier molecular flexibility index (Phi) is 12.6. The molecule has 1 aliphatic rings. The van der Waals surface area contributed by atoms with Gasteiger partial charge in [-0.2, -0.15) is 11.8 Å². The highest BCUT2D eigenvalue weighted by atomic mass is 35.5. The average molecular weight is 412 g/mol. The molecule has 1 unspecified atom stereocenters. The first kappa shape index (κ1) is 24.5. The molecule has 0 spiro atoms. The van der Waals surface area contributed by atoms with Gasteiger partial charge in [0.05, 0.1) is 5.75 Å². The molecule has 1 fully saturated rings. The molecule has 1 amide bonds. The molecule has 0 aliphatic carbocycles. The smallest absolute Gasteiger partial charge is 0.233 e. The van der Waals surface area contributed by atoms with Crippen LogP contribution in [0.25, 0.3) is 0 Å². The van der Waals surface area contributed by atoms with Crippen molar-refractivity contribution in [1.82, 2.24) is 24.7 Å². The maximum atomic E-state index is 12.6. The molecule has 1 aromatic rings. The summed E-state index contributed by atoms with van der Waals surface area (Å²) in [7, 11) is 1.98. The van der Waals surface area contributed by atoms with Gasteiger partial charge in [0.15, 0.2) is 0 Å². The summed E-state index contributed by atoms with van der Waals surface area (Å²) in [5.41, 5.74) is 0. The molecule has 9 heteroatoms. The SMILES string of the molecule is CCN(CC)CCSCC(=O)N1CCNCC1c1nccn1C.Cl.Cl. The van der Waals surface area contributed by atoms with E-state index in [1.807, 2.05) is 22.7 Å². The van der Waals surface area contributed by atoms with Crippen molar-refractivity contribution in [3.63, 3.8) is 0 Å². The van der Waals surface area contributed by atoms with Crippen molar-refractivity contribution in [3.05, 3.63) is 18.2 Å². The molecule has 2 rings (SSSR count). The summed E-state index contributed by atoms with van der Waals surface area (Å²) >= 11 is 1.74. The number of hydrogen-bond donors (Lipinski definition) is 1. The number of piperazine rings is 1. The standard InChI is InChI=1S/C16H29N5OS.2ClH/c1-4-20(5-2)10-11-23-13-15(22)21-9-6-17-12-14(21)16-18-7-8-19(16)3;;/h7-8,14,17H,4-6,9-13H2,1-3H3;2*1H. The van der Waals surface area contributed by atoms with Crippen molar-refractivity contribution in [2.45, 2.75) is 19.9 Å². The van der Waals surface area contributed by atoms with Gasteiger partial charge in [-0.1, -0.05) is 13.8 Å². The van der Waals surface area contributed by atoms with Gasteiger partial charge in [0.1, 0.15) is 11.9 Å². The van der Waals surface area contributed by atoms with Crippen LogP contribution in [0.5, 0.6) is 0 Å². The number of rotatable bonds is 8. The molecule has 1 aromatic heterocycles. The maximum absolute atomic E-state index is 12.6. The number of amides is 1. The van der Waals surface area contributed by atoms with Crippen molar-refractivity contribution in [3.8, 4) is 0 Å². The third-order valence-corrected chi connectivity index (χ3v) is 5.31. The highest BCUT2D eigenvalue weighted by Gasteiger charge is 2.30. The van der Waals surface area contributed by atoms with Crippen molar-refractivity contribution < 1.29 is 4.79 Å². The molecule has 0 aromatic carbocycles. The normalized spacial score (nSPS) is 17.1. The highest BCUT2D eigenvalue weighted by Crippen LogP contribution is 2.21. The topological polar surface area (TPSA) is 53.4 Å². The summed E-state index contributed by atoms with van der Waals surface area (Å²) in [5.74, 6) is 2.75. The molecule has 25 heavy (non-hydrogen) atoms. The Morgan fingerprint density at radius 3 is 2.72 bits per heavy atom. The number of nitrogens with one attached hydrogen (secondary N) is 1. The van der Waals surface area contributed by atoms with E-state index in [1.54, 1.807) is 18.0 Å². The predicted molar refractivity (Wildman–Crippen MR) is 110 cm³/mol. The Morgan fingerprint density at radius 2 is 2.12 bits per heavy atom. The number of nitrogens with zero attached hydrogens (tertiary/aromatic N) is 4. The van der Waals surface area contributed by atoms with Crippen LogP contribution in [-0.2, 0) is 11.8 Å². The fourth-order valence-corrected chi connectivity index (χ4v) is 3.78. The first-order valence-electron chi connectivity index (χ1n) is 8.44. The molecule has 2 heterocycles. The first-order valence-corrected chi connectivity index (χ1v) is 9.60. The van der Waals surface area contributed by atoms with E-state index in [9.17, 15) is 4.79 Å². The number of imidazole rings is 1. The van der Waals surface area contributed by atoms with Crippen LogP contribution >= 0.6 is 36.6 Å². The van der Waals surface area contributed by atoms with Crippen molar-refractivity contribution in [2.75, 3.05) is 50.8 Å². The number of carbonyl (C=O) groups excluding carboxylic acids is 1. The van der Waals surface area contributed by atoms with Crippen LogP contribution in [0.2, 0.25) is 0 Å². The van der Waals surface area contributed by atoms with Crippen molar-refractivity contribution >= 4 is 42.5 Å². The number of halogens is 2. The van der Waals surface area contributed by atoms with Crippen LogP contribution in [0.4, 0.5) is 0 Å². The van der Waals surface area contributed by atoms with Gasteiger partial charge in [0, 0.05) is 51.4 Å². The lowest BCUT2D eigenvalue weighted by atomic mass is 10.1. The van der Waals surface area contributed by atoms with E-state index < -0.39 is 0 Å². The number of carbonyl (C=O) groups is 1. The number of aromatic nitrogens is 2. The molecule has 1 atom stereocenters. The minimum Gasteiger partial charge on any atom is -0.336 e. The Labute approximate surface area is 167 Å². The van der Waals surface area contributed by atoms with Crippen LogP contribution in [-0.4, -0.2) is 76.0 Å². The Hall–Kier alpha value is -0.470. The second-order valence-corrected chi connectivity index (χ2v) is 6.89. The van der Waals surface area contributed by atoms with Gasteiger partial charge in [-0.3, -0.25) is 4.79 Å². The summed E-state index contributed by atoms with van der Waals surface area (Å²) in [6.07, 6.45) is 3.73. The van der Waals surface area contributed by atoms with Crippen LogP contribution in [0.15, 0.2) is 12.4 Å². The van der Waals surface area contributed by atoms with Gasteiger partial charge < -0.3 is 19.7 Å². The van der Waals surface area contributed by atoms with E-state index in [0.717, 1.165) is 50.8 Å². The van der Waals surface area contributed by atoms with Gasteiger partial charge in [-0.25, -0.2) is 4.98 Å². The molecule has 146 valence electrons. The summed E-state index contributed by atoms with van der Waals surface area (Å²) in [6, 6.07) is 0.0413. The monoisotopic (exact) mass is 411 g/mol. The van der Waals surface area contributed by atoms with Gasteiger partial charge in [0.2, 0.25) is 5.91 Å². The molecule has 0 saturated carbocycles.